The number of benzene rings is 12. The predicted molar refractivity (Wildman–Crippen MR) is 285 cm³/mol. The van der Waals surface area contributed by atoms with Crippen molar-refractivity contribution in [3.63, 3.8) is 0 Å². The fourth-order valence-electron chi connectivity index (χ4n) is 10.5. The second-order valence-electron chi connectivity index (χ2n) is 17.5. The normalized spacial score (nSPS) is 11.5. The molecule has 0 radical (unpaired) electrons. The Labute approximate surface area is 393 Å². The lowest BCUT2D eigenvalue weighted by Gasteiger charge is -2.25. The van der Waals surface area contributed by atoms with Gasteiger partial charge in [0.05, 0.1) is 17.3 Å². The van der Waals surface area contributed by atoms with Crippen molar-refractivity contribution in [1.82, 2.24) is 0 Å². The van der Waals surface area contributed by atoms with Gasteiger partial charge >= 0.3 is 0 Å². The maximum absolute atomic E-state index is 9.61. The Morgan fingerprint density at radius 2 is 0.779 bits per heavy atom. The standard InChI is InChI=1S/C65H40N2O/c66-41-42-26-35-49(36-27-42)67(61-24-11-23-59-53-18-7-8-25-62(53)68-65(59)61)50-37-32-44(33-38-50)43-28-30-45(31-29-43)48-34-39-58-60(40-48)64(55-22-10-15-47-13-2-4-17-52(47)55)57-20-6-5-19-56(57)63(58)54-21-9-14-46-12-1-3-16-51(46)54/h1-40H. The van der Waals surface area contributed by atoms with Gasteiger partial charge in [-0.05, 0) is 142 Å². The van der Waals surface area contributed by atoms with Crippen LogP contribution in [0, 0.1) is 11.3 Å². The first-order valence-electron chi connectivity index (χ1n) is 23.0. The molecule has 13 aromatic rings. The van der Waals surface area contributed by atoms with E-state index in [4.69, 9.17) is 4.42 Å². The Morgan fingerprint density at radius 3 is 1.40 bits per heavy atom. The molecule has 13 rings (SSSR count). The Kier molecular flexibility index (Phi) is 9.23. The van der Waals surface area contributed by atoms with Crippen molar-refractivity contribution < 1.29 is 4.42 Å². The molecule has 316 valence electrons. The first-order chi connectivity index (χ1) is 33.7. The van der Waals surface area contributed by atoms with Crippen molar-refractivity contribution in [2.75, 3.05) is 4.90 Å². The topological polar surface area (TPSA) is 40.2 Å². The van der Waals surface area contributed by atoms with Gasteiger partial charge in [-0.2, -0.15) is 5.26 Å². The number of hydrogen-bond acceptors (Lipinski definition) is 3. The molecule has 0 saturated heterocycles. The fraction of sp³-hybridized carbons (Fsp3) is 0. The number of fused-ring (bicyclic) bond motifs is 7. The largest absolute Gasteiger partial charge is 0.454 e. The maximum atomic E-state index is 9.61. The third-order valence-electron chi connectivity index (χ3n) is 13.7. The Morgan fingerprint density at radius 1 is 0.338 bits per heavy atom. The van der Waals surface area contributed by atoms with E-state index in [1.165, 1.54) is 65.3 Å². The van der Waals surface area contributed by atoms with Crippen LogP contribution in [0.3, 0.4) is 0 Å². The van der Waals surface area contributed by atoms with Gasteiger partial charge in [-0.15, -0.1) is 0 Å². The summed E-state index contributed by atoms with van der Waals surface area (Å²) in [6.07, 6.45) is 0. The Bertz CT molecular complexity index is 4130. The highest BCUT2D eigenvalue weighted by atomic mass is 16.3. The monoisotopic (exact) mass is 864 g/mol. The van der Waals surface area contributed by atoms with Gasteiger partial charge in [-0.25, -0.2) is 0 Å². The van der Waals surface area contributed by atoms with E-state index in [0.717, 1.165) is 61.3 Å². The molecule has 12 aromatic carbocycles. The molecule has 0 fully saturated rings. The zero-order chi connectivity index (χ0) is 45.1. The third-order valence-corrected chi connectivity index (χ3v) is 13.7. The van der Waals surface area contributed by atoms with Gasteiger partial charge in [0.1, 0.15) is 5.58 Å². The van der Waals surface area contributed by atoms with Crippen LogP contribution in [0.4, 0.5) is 17.1 Å². The molecule has 0 aliphatic rings. The predicted octanol–water partition coefficient (Wildman–Crippen LogP) is 18.2. The van der Waals surface area contributed by atoms with Crippen LogP contribution in [0.2, 0.25) is 0 Å². The molecule has 68 heavy (non-hydrogen) atoms. The number of nitrogens with zero attached hydrogens (tertiary/aromatic N) is 2. The van der Waals surface area contributed by atoms with Crippen LogP contribution in [0.25, 0.3) is 110 Å². The highest BCUT2D eigenvalue weighted by molar-refractivity contribution is 6.25. The minimum atomic E-state index is 0.613. The molecule has 0 saturated carbocycles. The number of hydrogen-bond donors (Lipinski definition) is 0. The van der Waals surface area contributed by atoms with Crippen molar-refractivity contribution in [3.8, 4) is 50.6 Å². The summed E-state index contributed by atoms with van der Waals surface area (Å²) in [4.78, 5) is 2.21. The second kappa shape index (κ2) is 16.0. The summed E-state index contributed by atoms with van der Waals surface area (Å²) >= 11 is 0. The molecule has 0 N–H and O–H groups in total. The molecule has 0 aliphatic carbocycles. The summed E-state index contributed by atoms with van der Waals surface area (Å²) in [6, 6.07) is 89.0. The first kappa shape index (κ1) is 39.2. The smallest absolute Gasteiger partial charge is 0.159 e. The number of nitriles is 1. The minimum absolute atomic E-state index is 0.613. The van der Waals surface area contributed by atoms with Gasteiger partial charge in [0.25, 0.3) is 0 Å². The Hall–Kier alpha value is -9.23. The molecule has 1 heterocycles. The van der Waals surface area contributed by atoms with Crippen molar-refractivity contribution in [2.24, 2.45) is 0 Å². The lowest BCUT2D eigenvalue weighted by molar-refractivity contribution is 0.669. The summed E-state index contributed by atoms with van der Waals surface area (Å²) in [5.41, 5.74) is 14.7. The molecular formula is C65H40N2O. The van der Waals surface area contributed by atoms with Gasteiger partial charge in [0, 0.05) is 22.1 Å². The lowest BCUT2D eigenvalue weighted by atomic mass is 9.83. The highest BCUT2D eigenvalue weighted by Gasteiger charge is 2.22. The van der Waals surface area contributed by atoms with Gasteiger partial charge in [0.15, 0.2) is 5.58 Å². The van der Waals surface area contributed by atoms with Crippen LogP contribution >= 0.6 is 0 Å². The van der Waals surface area contributed by atoms with Crippen LogP contribution in [-0.2, 0) is 0 Å². The van der Waals surface area contributed by atoms with Crippen LogP contribution < -0.4 is 4.90 Å². The summed E-state index contributed by atoms with van der Waals surface area (Å²) in [7, 11) is 0. The lowest BCUT2D eigenvalue weighted by Crippen LogP contribution is -2.10. The molecule has 0 atom stereocenters. The van der Waals surface area contributed by atoms with Gasteiger partial charge in [-0.3, -0.25) is 0 Å². The molecule has 0 spiro atoms. The van der Waals surface area contributed by atoms with E-state index in [2.05, 4.69) is 211 Å². The molecule has 0 unspecified atom stereocenters. The number of furan rings is 1. The molecule has 0 bridgehead atoms. The van der Waals surface area contributed by atoms with Crippen molar-refractivity contribution in [3.05, 3.63) is 248 Å². The molecule has 0 amide bonds. The van der Waals surface area contributed by atoms with Crippen LogP contribution in [0.5, 0.6) is 0 Å². The number of para-hydroxylation sites is 2. The second-order valence-corrected chi connectivity index (χ2v) is 17.5. The van der Waals surface area contributed by atoms with Gasteiger partial charge in [-0.1, -0.05) is 188 Å². The zero-order valence-electron chi connectivity index (χ0n) is 36.9. The average molecular weight is 865 g/mol. The van der Waals surface area contributed by atoms with E-state index in [0.29, 0.717) is 5.56 Å². The van der Waals surface area contributed by atoms with E-state index in [1.807, 2.05) is 42.5 Å². The first-order valence-corrected chi connectivity index (χ1v) is 23.0. The SMILES string of the molecule is N#Cc1ccc(N(c2ccc(-c3ccc(-c4ccc5c(-c6cccc7ccccc67)c6ccccc6c(-c6cccc7ccccc67)c5c4)cc3)cc2)c2cccc3c2oc2ccccc23)cc1. The van der Waals surface area contributed by atoms with E-state index >= 15 is 0 Å². The van der Waals surface area contributed by atoms with E-state index in [1.54, 1.807) is 0 Å². The molecule has 3 heteroatoms. The van der Waals surface area contributed by atoms with E-state index in [-0.39, 0.29) is 0 Å². The fourth-order valence-corrected chi connectivity index (χ4v) is 10.5. The molecule has 0 aliphatic heterocycles. The molecular weight excluding hydrogens is 825 g/mol. The van der Waals surface area contributed by atoms with Crippen LogP contribution in [-0.4, -0.2) is 0 Å². The quantitative estimate of drug-likeness (QED) is 0.150. The maximum Gasteiger partial charge on any atom is 0.159 e. The Balaban J connectivity index is 0.924. The summed E-state index contributed by atoms with van der Waals surface area (Å²) in [5, 5.41) is 21.6. The zero-order valence-corrected chi connectivity index (χ0v) is 36.9. The van der Waals surface area contributed by atoms with Crippen molar-refractivity contribution in [2.45, 2.75) is 0 Å². The van der Waals surface area contributed by atoms with E-state index < -0.39 is 0 Å². The van der Waals surface area contributed by atoms with Crippen molar-refractivity contribution in [1.29, 1.82) is 5.26 Å². The van der Waals surface area contributed by atoms with Crippen LogP contribution in [0.1, 0.15) is 5.56 Å². The van der Waals surface area contributed by atoms with E-state index in [9.17, 15) is 5.26 Å². The molecule has 3 nitrogen and oxygen atoms in total. The van der Waals surface area contributed by atoms with Gasteiger partial charge in [0.2, 0.25) is 0 Å². The third kappa shape index (κ3) is 6.43. The highest BCUT2D eigenvalue weighted by Crippen LogP contribution is 2.48. The van der Waals surface area contributed by atoms with Crippen LogP contribution in [0.15, 0.2) is 247 Å². The van der Waals surface area contributed by atoms with Gasteiger partial charge < -0.3 is 9.32 Å². The van der Waals surface area contributed by atoms with Crippen molar-refractivity contribution >= 4 is 82.1 Å². The number of anilines is 3. The minimum Gasteiger partial charge on any atom is -0.454 e. The summed E-state index contributed by atoms with van der Waals surface area (Å²) < 4.78 is 6.53. The average Bonchev–Trinajstić information content (AvgIpc) is 3.80. The molecule has 1 aromatic heterocycles. The number of rotatable bonds is 7. The summed E-state index contributed by atoms with van der Waals surface area (Å²) in [5.74, 6) is 0. The summed E-state index contributed by atoms with van der Waals surface area (Å²) in [6.45, 7) is 0.